The summed E-state index contributed by atoms with van der Waals surface area (Å²) >= 11 is 2.19. The van der Waals surface area contributed by atoms with Crippen LogP contribution < -0.4 is 5.32 Å². The van der Waals surface area contributed by atoms with Gasteiger partial charge in [0.2, 0.25) is 0 Å². The number of nitrogens with zero attached hydrogens (tertiary/aromatic N) is 2. The summed E-state index contributed by atoms with van der Waals surface area (Å²) in [7, 11) is 4.56. The summed E-state index contributed by atoms with van der Waals surface area (Å²) in [6.07, 6.45) is 5.50. The van der Waals surface area contributed by atoms with Gasteiger partial charge in [-0.2, -0.15) is 11.8 Å². The Kier molecular flexibility index (Phi) is 6.29. The van der Waals surface area contributed by atoms with E-state index in [1.807, 2.05) is 0 Å². The van der Waals surface area contributed by atoms with Crippen LogP contribution in [0.25, 0.3) is 0 Å². The summed E-state index contributed by atoms with van der Waals surface area (Å²) in [6.45, 7) is 6.24. The molecule has 0 aromatic heterocycles. The van der Waals surface area contributed by atoms with Gasteiger partial charge in [-0.1, -0.05) is 0 Å². The zero-order valence-electron chi connectivity index (χ0n) is 12.0. The number of hydrogen-bond acceptors (Lipinski definition) is 4. The fraction of sp³-hybridized carbons (Fsp3) is 1.00. The highest BCUT2D eigenvalue weighted by molar-refractivity contribution is 7.99. The lowest BCUT2D eigenvalue weighted by Crippen LogP contribution is -2.37. The van der Waals surface area contributed by atoms with E-state index in [1.165, 1.54) is 64.2 Å². The molecule has 0 radical (unpaired) electrons. The van der Waals surface area contributed by atoms with E-state index >= 15 is 0 Å². The summed E-state index contributed by atoms with van der Waals surface area (Å²) in [5.74, 6) is 1.30. The number of hydrogen-bond donors (Lipinski definition) is 1. The van der Waals surface area contributed by atoms with Gasteiger partial charge in [0, 0.05) is 30.1 Å². The highest BCUT2D eigenvalue weighted by Crippen LogP contribution is 2.20. The first-order valence-corrected chi connectivity index (χ1v) is 8.51. The average molecular weight is 271 g/mol. The van der Waals surface area contributed by atoms with E-state index in [2.05, 4.69) is 41.0 Å². The normalized spacial score (nSPS) is 27.2. The zero-order valence-corrected chi connectivity index (χ0v) is 12.8. The fourth-order valence-electron chi connectivity index (χ4n) is 3.00. The minimum atomic E-state index is 0.805. The van der Waals surface area contributed by atoms with Crippen LogP contribution in [-0.4, -0.2) is 73.7 Å². The number of rotatable bonds is 6. The predicted octanol–water partition coefficient (Wildman–Crippen LogP) is 1.50. The molecule has 0 spiro atoms. The van der Waals surface area contributed by atoms with E-state index in [4.69, 9.17) is 0 Å². The number of nitrogens with one attached hydrogen (secondary N) is 1. The molecule has 2 heterocycles. The van der Waals surface area contributed by atoms with Crippen molar-refractivity contribution in [3.8, 4) is 0 Å². The molecule has 106 valence electrons. The molecule has 0 saturated carbocycles. The Hall–Kier alpha value is 0.230. The van der Waals surface area contributed by atoms with Crippen molar-refractivity contribution in [3.63, 3.8) is 0 Å². The summed E-state index contributed by atoms with van der Waals surface area (Å²) in [5.41, 5.74) is 0. The number of likely N-dealkylation sites (tertiary alicyclic amines) is 1. The molecule has 2 saturated heterocycles. The van der Waals surface area contributed by atoms with E-state index in [-0.39, 0.29) is 0 Å². The summed E-state index contributed by atoms with van der Waals surface area (Å²) in [5, 5.41) is 4.35. The molecule has 0 amide bonds. The summed E-state index contributed by atoms with van der Waals surface area (Å²) in [6, 6.07) is 0.805. The average Bonchev–Trinajstić information content (AvgIpc) is 2.76. The SMILES string of the molecule is CN(CCSC1CCNCC1)CC1CCCN1C. The van der Waals surface area contributed by atoms with Crippen LogP contribution in [0, 0.1) is 0 Å². The van der Waals surface area contributed by atoms with Crippen molar-refractivity contribution in [2.45, 2.75) is 37.0 Å². The Morgan fingerprint density at radius 3 is 2.72 bits per heavy atom. The third-order valence-electron chi connectivity index (χ3n) is 4.31. The standard InChI is InChI=1S/C14H29N3S/c1-16(12-13-4-3-9-17(13)2)10-11-18-14-5-7-15-8-6-14/h13-15H,3-12H2,1-2H3. The van der Waals surface area contributed by atoms with Gasteiger partial charge >= 0.3 is 0 Å². The molecule has 0 aliphatic carbocycles. The van der Waals surface area contributed by atoms with Crippen LogP contribution in [0.4, 0.5) is 0 Å². The van der Waals surface area contributed by atoms with Crippen molar-refractivity contribution in [2.24, 2.45) is 0 Å². The van der Waals surface area contributed by atoms with Crippen LogP contribution in [0.2, 0.25) is 0 Å². The van der Waals surface area contributed by atoms with E-state index < -0.39 is 0 Å². The monoisotopic (exact) mass is 271 g/mol. The third kappa shape index (κ3) is 4.72. The molecule has 0 aromatic rings. The first-order valence-electron chi connectivity index (χ1n) is 7.47. The Morgan fingerprint density at radius 1 is 1.28 bits per heavy atom. The van der Waals surface area contributed by atoms with Crippen molar-refractivity contribution in [1.82, 2.24) is 15.1 Å². The first kappa shape index (κ1) is 14.6. The molecule has 1 atom stereocenters. The molecule has 3 nitrogen and oxygen atoms in total. The van der Waals surface area contributed by atoms with Crippen LogP contribution >= 0.6 is 11.8 Å². The second-order valence-corrected chi connectivity index (χ2v) is 7.27. The van der Waals surface area contributed by atoms with Gasteiger partial charge < -0.3 is 15.1 Å². The third-order valence-corrected chi connectivity index (χ3v) is 5.67. The molecule has 2 aliphatic heterocycles. The molecule has 4 heteroatoms. The van der Waals surface area contributed by atoms with Gasteiger partial charge in [0.05, 0.1) is 0 Å². The Bertz CT molecular complexity index is 231. The lowest BCUT2D eigenvalue weighted by atomic mass is 10.2. The molecule has 0 bridgehead atoms. The lowest BCUT2D eigenvalue weighted by molar-refractivity contribution is 0.227. The maximum absolute atomic E-state index is 3.44. The van der Waals surface area contributed by atoms with E-state index in [0.717, 1.165) is 11.3 Å². The molecule has 2 rings (SSSR count). The second kappa shape index (κ2) is 7.73. The number of thioether (sulfide) groups is 1. The number of likely N-dealkylation sites (N-methyl/N-ethyl adjacent to an activating group) is 2. The van der Waals surface area contributed by atoms with E-state index in [1.54, 1.807) is 0 Å². The minimum Gasteiger partial charge on any atom is -0.317 e. The Labute approximate surface area is 117 Å². The lowest BCUT2D eigenvalue weighted by Gasteiger charge is -2.27. The van der Waals surface area contributed by atoms with Crippen molar-refractivity contribution in [1.29, 1.82) is 0 Å². The van der Waals surface area contributed by atoms with Gasteiger partial charge in [0.1, 0.15) is 0 Å². The van der Waals surface area contributed by atoms with Crippen molar-refractivity contribution in [3.05, 3.63) is 0 Å². The number of piperidine rings is 1. The van der Waals surface area contributed by atoms with Crippen LogP contribution in [0.3, 0.4) is 0 Å². The minimum absolute atomic E-state index is 0.805. The Balaban J connectivity index is 1.55. The quantitative estimate of drug-likeness (QED) is 0.789. The molecule has 1 unspecified atom stereocenters. The van der Waals surface area contributed by atoms with Gasteiger partial charge in [0.25, 0.3) is 0 Å². The van der Waals surface area contributed by atoms with Gasteiger partial charge in [-0.05, 0) is 59.4 Å². The molecule has 1 N–H and O–H groups in total. The van der Waals surface area contributed by atoms with Crippen molar-refractivity contribution >= 4 is 11.8 Å². The maximum Gasteiger partial charge on any atom is 0.0220 e. The molecule has 2 aliphatic rings. The fourth-order valence-corrected chi connectivity index (χ4v) is 4.32. The van der Waals surface area contributed by atoms with E-state index in [9.17, 15) is 0 Å². The van der Waals surface area contributed by atoms with Gasteiger partial charge in [0.15, 0.2) is 0 Å². The van der Waals surface area contributed by atoms with Crippen LogP contribution in [-0.2, 0) is 0 Å². The van der Waals surface area contributed by atoms with Crippen molar-refractivity contribution in [2.75, 3.05) is 52.6 Å². The topological polar surface area (TPSA) is 18.5 Å². The summed E-state index contributed by atoms with van der Waals surface area (Å²) in [4.78, 5) is 5.05. The molecule has 0 aromatic carbocycles. The maximum atomic E-state index is 3.44. The zero-order chi connectivity index (χ0) is 12.8. The van der Waals surface area contributed by atoms with Gasteiger partial charge in [-0.15, -0.1) is 0 Å². The highest BCUT2D eigenvalue weighted by atomic mass is 32.2. The summed E-state index contributed by atoms with van der Waals surface area (Å²) < 4.78 is 0. The second-order valence-electron chi connectivity index (χ2n) is 5.86. The Morgan fingerprint density at radius 2 is 2.06 bits per heavy atom. The van der Waals surface area contributed by atoms with E-state index in [0.29, 0.717) is 0 Å². The van der Waals surface area contributed by atoms with Gasteiger partial charge in [-0.3, -0.25) is 0 Å². The van der Waals surface area contributed by atoms with Gasteiger partial charge in [-0.25, -0.2) is 0 Å². The molecule has 2 fully saturated rings. The molecular formula is C14H29N3S. The van der Waals surface area contributed by atoms with Crippen molar-refractivity contribution < 1.29 is 0 Å². The van der Waals surface area contributed by atoms with Crippen LogP contribution in [0.5, 0.6) is 0 Å². The molecular weight excluding hydrogens is 242 g/mol. The highest BCUT2D eigenvalue weighted by Gasteiger charge is 2.22. The predicted molar refractivity (Wildman–Crippen MR) is 81.5 cm³/mol. The smallest absolute Gasteiger partial charge is 0.0220 e. The molecule has 18 heavy (non-hydrogen) atoms. The largest absolute Gasteiger partial charge is 0.317 e. The van der Waals surface area contributed by atoms with Crippen LogP contribution in [0.1, 0.15) is 25.7 Å². The van der Waals surface area contributed by atoms with Crippen LogP contribution in [0.15, 0.2) is 0 Å². The first-order chi connectivity index (χ1) is 8.75.